The summed E-state index contributed by atoms with van der Waals surface area (Å²) in [6.45, 7) is 3.69. The molecule has 0 saturated carbocycles. The summed E-state index contributed by atoms with van der Waals surface area (Å²) in [5.74, 6) is -0.0824. The molecule has 0 aliphatic carbocycles. The molecule has 0 spiro atoms. The summed E-state index contributed by atoms with van der Waals surface area (Å²) >= 11 is 6.41. The molecular weight excluding hydrogens is 370 g/mol. The number of amides is 2. The van der Waals surface area contributed by atoms with Crippen molar-refractivity contribution in [1.29, 1.82) is 0 Å². The predicted molar refractivity (Wildman–Crippen MR) is 107 cm³/mol. The second kappa shape index (κ2) is 8.30. The van der Waals surface area contributed by atoms with Crippen molar-refractivity contribution in [2.75, 3.05) is 46.4 Å². The number of aliphatic hydroxyl groups excluding tert-OH is 1. The molecular formula is C18H21N3O3S2. The second-order valence-corrected chi connectivity index (χ2v) is 7.90. The van der Waals surface area contributed by atoms with Gasteiger partial charge in [0.15, 0.2) is 0 Å². The highest BCUT2D eigenvalue weighted by Gasteiger charge is 2.28. The van der Waals surface area contributed by atoms with Crippen molar-refractivity contribution < 1.29 is 14.7 Å². The van der Waals surface area contributed by atoms with Crippen molar-refractivity contribution in [2.24, 2.45) is 0 Å². The topological polar surface area (TPSA) is 64.1 Å². The number of rotatable bonds is 4. The normalized spacial score (nSPS) is 20.3. The van der Waals surface area contributed by atoms with Crippen LogP contribution in [0.1, 0.15) is 15.9 Å². The minimum absolute atomic E-state index is 0.0140. The first-order chi connectivity index (χ1) is 12.5. The minimum atomic E-state index is -0.0964. The molecule has 6 nitrogen and oxygen atoms in total. The van der Waals surface area contributed by atoms with E-state index in [0.29, 0.717) is 34.4 Å². The Kier molecular flexibility index (Phi) is 6.08. The van der Waals surface area contributed by atoms with E-state index in [4.69, 9.17) is 17.3 Å². The number of piperazine rings is 1. The summed E-state index contributed by atoms with van der Waals surface area (Å²) in [4.78, 5) is 30.7. The quantitative estimate of drug-likeness (QED) is 0.616. The average Bonchev–Trinajstić information content (AvgIpc) is 2.89. The summed E-state index contributed by atoms with van der Waals surface area (Å²) in [5, 5.41) is 8.99. The number of nitrogens with zero attached hydrogens (tertiary/aromatic N) is 3. The van der Waals surface area contributed by atoms with E-state index in [2.05, 4.69) is 4.90 Å². The third kappa shape index (κ3) is 4.15. The SMILES string of the molecule is CN1C(=O)/C(=C/c2ccc(C(=O)N3CCN(CCO)CC3)cc2)SC1=S. The highest BCUT2D eigenvalue weighted by atomic mass is 32.2. The summed E-state index contributed by atoms with van der Waals surface area (Å²) in [5.41, 5.74) is 1.50. The fourth-order valence-corrected chi connectivity index (χ4v) is 4.10. The van der Waals surface area contributed by atoms with Gasteiger partial charge in [0.05, 0.1) is 11.5 Å². The van der Waals surface area contributed by atoms with Gasteiger partial charge in [0.25, 0.3) is 11.8 Å². The number of thiocarbonyl (C=S) groups is 1. The lowest BCUT2D eigenvalue weighted by Gasteiger charge is -2.34. The number of carbonyl (C=O) groups is 2. The molecule has 1 aromatic carbocycles. The van der Waals surface area contributed by atoms with Crippen LogP contribution in [-0.2, 0) is 4.79 Å². The molecule has 3 rings (SSSR count). The van der Waals surface area contributed by atoms with Crippen molar-refractivity contribution in [2.45, 2.75) is 0 Å². The Balaban J connectivity index is 1.64. The first-order valence-electron chi connectivity index (χ1n) is 8.43. The maximum atomic E-state index is 12.6. The third-order valence-corrected chi connectivity index (χ3v) is 6.00. The van der Waals surface area contributed by atoms with Gasteiger partial charge in [-0.3, -0.25) is 19.4 Å². The fourth-order valence-electron chi connectivity index (χ4n) is 2.92. The summed E-state index contributed by atoms with van der Waals surface area (Å²) in [7, 11) is 1.67. The van der Waals surface area contributed by atoms with Gasteiger partial charge in [0.1, 0.15) is 4.32 Å². The molecule has 138 valence electrons. The van der Waals surface area contributed by atoms with Gasteiger partial charge in [-0.05, 0) is 23.8 Å². The lowest BCUT2D eigenvalue weighted by atomic mass is 10.1. The Morgan fingerprint density at radius 3 is 2.42 bits per heavy atom. The molecule has 0 radical (unpaired) electrons. The number of thioether (sulfide) groups is 1. The van der Waals surface area contributed by atoms with Gasteiger partial charge in [0.2, 0.25) is 0 Å². The average molecular weight is 392 g/mol. The summed E-state index contributed by atoms with van der Waals surface area (Å²) in [6.07, 6.45) is 1.80. The van der Waals surface area contributed by atoms with Gasteiger partial charge in [-0.25, -0.2) is 0 Å². The summed E-state index contributed by atoms with van der Waals surface area (Å²) in [6, 6.07) is 7.27. The Hall–Kier alpha value is -1.74. The van der Waals surface area contributed by atoms with E-state index in [1.807, 2.05) is 17.0 Å². The van der Waals surface area contributed by atoms with Gasteiger partial charge >= 0.3 is 0 Å². The zero-order valence-electron chi connectivity index (χ0n) is 14.6. The standard InChI is InChI=1S/C18H21N3O3S2/c1-19-17(24)15(26-18(19)25)12-13-2-4-14(5-3-13)16(23)21-8-6-20(7-9-21)10-11-22/h2-5,12,22H,6-11H2,1H3/b15-12-. The van der Waals surface area contributed by atoms with Crippen molar-refractivity contribution in [3.8, 4) is 0 Å². The second-order valence-electron chi connectivity index (χ2n) is 6.22. The molecule has 2 aliphatic rings. The molecule has 8 heteroatoms. The first-order valence-corrected chi connectivity index (χ1v) is 9.66. The number of aliphatic hydroxyl groups is 1. The number of carbonyl (C=O) groups excluding carboxylic acids is 2. The Morgan fingerprint density at radius 1 is 1.23 bits per heavy atom. The van der Waals surface area contributed by atoms with Crippen molar-refractivity contribution in [1.82, 2.24) is 14.7 Å². The van der Waals surface area contributed by atoms with E-state index >= 15 is 0 Å². The maximum absolute atomic E-state index is 12.6. The van der Waals surface area contributed by atoms with Gasteiger partial charge in [-0.1, -0.05) is 36.1 Å². The molecule has 0 aromatic heterocycles. The predicted octanol–water partition coefficient (Wildman–Crippen LogP) is 1.27. The van der Waals surface area contributed by atoms with Gasteiger partial charge in [-0.15, -0.1) is 0 Å². The maximum Gasteiger partial charge on any atom is 0.265 e. The van der Waals surface area contributed by atoms with Crippen LogP contribution in [0.3, 0.4) is 0 Å². The van der Waals surface area contributed by atoms with Crippen LogP contribution < -0.4 is 0 Å². The number of β-amino-alcohol motifs (C(OH)–C–C–N with tert-alkyl or cyclic N) is 1. The molecule has 1 N–H and O–H groups in total. The fraction of sp³-hybridized carbons (Fsp3) is 0.389. The highest BCUT2D eigenvalue weighted by molar-refractivity contribution is 8.26. The molecule has 2 amide bonds. The van der Waals surface area contributed by atoms with Crippen molar-refractivity contribution in [3.05, 3.63) is 40.3 Å². The van der Waals surface area contributed by atoms with Crippen LogP contribution in [0.25, 0.3) is 6.08 Å². The smallest absolute Gasteiger partial charge is 0.265 e. The molecule has 1 aromatic rings. The number of hydrogen-bond donors (Lipinski definition) is 1. The number of likely N-dealkylation sites (N-methyl/N-ethyl adjacent to an activating group) is 1. The third-order valence-electron chi connectivity index (χ3n) is 4.52. The van der Waals surface area contributed by atoms with Crippen molar-refractivity contribution >= 4 is 46.2 Å². The van der Waals surface area contributed by atoms with Crippen LogP contribution in [-0.4, -0.2) is 82.3 Å². The van der Waals surface area contributed by atoms with E-state index in [-0.39, 0.29) is 18.4 Å². The molecule has 2 fully saturated rings. The molecule has 2 saturated heterocycles. The van der Waals surface area contributed by atoms with Crippen LogP contribution in [0.5, 0.6) is 0 Å². The van der Waals surface area contributed by atoms with Gasteiger partial charge < -0.3 is 10.0 Å². The van der Waals surface area contributed by atoms with Gasteiger partial charge in [-0.2, -0.15) is 0 Å². The monoisotopic (exact) mass is 391 g/mol. The van der Waals surface area contributed by atoms with Crippen LogP contribution >= 0.6 is 24.0 Å². The van der Waals surface area contributed by atoms with Crippen molar-refractivity contribution in [3.63, 3.8) is 0 Å². The lowest BCUT2D eigenvalue weighted by molar-refractivity contribution is -0.121. The highest BCUT2D eigenvalue weighted by Crippen LogP contribution is 2.31. The minimum Gasteiger partial charge on any atom is -0.395 e. The van der Waals surface area contributed by atoms with Crippen LogP contribution in [0.2, 0.25) is 0 Å². The van der Waals surface area contributed by atoms with E-state index < -0.39 is 0 Å². The largest absolute Gasteiger partial charge is 0.395 e. The molecule has 0 unspecified atom stereocenters. The zero-order valence-corrected chi connectivity index (χ0v) is 16.2. The number of hydrogen-bond acceptors (Lipinski definition) is 6. The molecule has 2 aliphatic heterocycles. The lowest BCUT2D eigenvalue weighted by Crippen LogP contribution is -2.49. The Labute approximate surface area is 162 Å². The van der Waals surface area contributed by atoms with Crippen LogP contribution in [0, 0.1) is 0 Å². The Bertz CT molecular complexity index is 741. The van der Waals surface area contributed by atoms with E-state index in [1.54, 1.807) is 25.3 Å². The first kappa shape index (κ1) is 19.0. The van der Waals surface area contributed by atoms with E-state index in [0.717, 1.165) is 18.7 Å². The molecule has 2 heterocycles. The zero-order chi connectivity index (χ0) is 18.7. The Morgan fingerprint density at radius 2 is 1.88 bits per heavy atom. The van der Waals surface area contributed by atoms with Crippen LogP contribution in [0.4, 0.5) is 0 Å². The van der Waals surface area contributed by atoms with Gasteiger partial charge in [0, 0.05) is 45.3 Å². The van der Waals surface area contributed by atoms with E-state index in [1.165, 1.54) is 16.7 Å². The van der Waals surface area contributed by atoms with E-state index in [9.17, 15) is 9.59 Å². The van der Waals surface area contributed by atoms with Crippen LogP contribution in [0.15, 0.2) is 29.2 Å². The molecule has 26 heavy (non-hydrogen) atoms. The molecule has 0 bridgehead atoms. The summed E-state index contributed by atoms with van der Waals surface area (Å²) < 4.78 is 0.549. The number of benzene rings is 1. The molecule has 0 atom stereocenters.